The summed E-state index contributed by atoms with van der Waals surface area (Å²) >= 11 is 0. The molecule has 12 bridgehead atoms. The molecule has 0 fully saturated rings. The van der Waals surface area contributed by atoms with Crippen LogP contribution in [-0.2, 0) is 0 Å². The number of carbonyl (C=O) groups excluding carboxylic acids is 6. The Hall–Kier alpha value is -11.3. The zero-order valence-electron chi connectivity index (χ0n) is 58.9. The number of fused-ring (bicyclic) bond motifs is 12. The first-order chi connectivity index (χ1) is 49.9. The van der Waals surface area contributed by atoms with Crippen molar-refractivity contribution < 1.29 is 28.8 Å². The molecule has 0 aliphatic heterocycles. The quantitative estimate of drug-likeness (QED) is 0.0793. The fourth-order valence-electron chi connectivity index (χ4n) is 16.1. The molecule has 12 aromatic rings. The SMILES string of the molecule is CCC1c2cccc(c2)C(CC)c2cc(c(C(=O)c3ccccc3)cc2C(=O)c2ccccc2)C(CC)c2ccc(C(=O)c3ccccc3)c(c2)C(CC)c2cccc(c2)C(CC)c2cc(c(C(=O)c3ccccc3)cc2C(=O)c2ccccc2)C(CC)c2ccc(C(=O)c3ccccc3)c1c2. The van der Waals surface area contributed by atoms with Gasteiger partial charge in [-0.15, -0.1) is 0 Å². The second-order valence-corrected chi connectivity index (χ2v) is 27.0. The van der Waals surface area contributed by atoms with Crippen molar-refractivity contribution in [2.75, 3.05) is 0 Å². The van der Waals surface area contributed by atoms with Crippen LogP contribution in [0.15, 0.2) is 291 Å². The summed E-state index contributed by atoms with van der Waals surface area (Å²) in [5, 5.41) is 0. The summed E-state index contributed by atoms with van der Waals surface area (Å²) in [5.74, 6) is -3.25. The van der Waals surface area contributed by atoms with E-state index in [1.54, 1.807) is 0 Å². The van der Waals surface area contributed by atoms with Crippen LogP contribution in [0.5, 0.6) is 0 Å². The van der Waals surface area contributed by atoms with Gasteiger partial charge in [-0.25, -0.2) is 0 Å². The standard InChI is InChI=1S/C96H84O6/c1-7-73-67-45-31-47-69(53-67)75(9-3)83-57-86(90(96(102)66-43-29-18-30-44-66)59-87(83)93(99)63-37-23-15-24-38-63)78(12-6)72-50-52-80(92(98)62-35-21-14-22-36-62)82(56-72)74(8-2)68-46-32-48-70(54-68)76(10-4)84-58-85(77(11-5)71-49-51-79(81(73)55-71)91(97)61-33-19-13-20-34-61)89(95(101)65-41-27-17-28-42-65)60-88(84)94(100)64-39-25-16-26-40-64/h13-60,73-78H,7-12H2,1-6H3. The summed E-state index contributed by atoms with van der Waals surface area (Å²) in [4.78, 5) is 93.6. The molecule has 0 saturated carbocycles. The van der Waals surface area contributed by atoms with E-state index in [1.165, 1.54) is 0 Å². The molecule has 6 unspecified atom stereocenters. The van der Waals surface area contributed by atoms with E-state index in [0.29, 0.717) is 105 Å². The van der Waals surface area contributed by atoms with Gasteiger partial charge in [-0.1, -0.05) is 321 Å². The van der Waals surface area contributed by atoms with Crippen LogP contribution in [0.3, 0.4) is 0 Å². The number of rotatable bonds is 18. The van der Waals surface area contributed by atoms with Gasteiger partial charge in [0.15, 0.2) is 34.7 Å². The summed E-state index contributed by atoms with van der Waals surface area (Å²) < 4.78 is 0. The zero-order chi connectivity index (χ0) is 71.0. The van der Waals surface area contributed by atoms with Gasteiger partial charge >= 0.3 is 0 Å². The lowest BCUT2D eigenvalue weighted by Gasteiger charge is -2.29. The minimum absolute atomic E-state index is 0.111. The lowest BCUT2D eigenvalue weighted by atomic mass is 9.74. The fraction of sp³-hybridized carbons (Fsp3) is 0.188. The van der Waals surface area contributed by atoms with Crippen molar-refractivity contribution in [2.45, 2.75) is 116 Å². The van der Waals surface area contributed by atoms with Crippen LogP contribution in [0.2, 0.25) is 0 Å². The van der Waals surface area contributed by atoms with Gasteiger partial charge in [-0.05, 0) is 117 Å². The Kier molecular flexibility index (Phi) is 21.1. The number of benzene rings is 12. The number of ketones is 6. The van der Waals surface area contributed by atoms with Crippen LogP contribution in [-0.4, -0.2) is 34.7 Å². The third-order valence-electron chi connectivity index (χ3n) is 21.2. The van der Waals surface area contributed by atoms with E-state index in [9.17, 15) is 0 Å². The molecule has 6 nitrogen and oxygen atoms in total. The molecule has 0 heterocycles. The molecule has 0 radical (unpaired) electrons. The summed E-state index contributed by atoms with van der Waals surface area (Å²) in [6.07, 6.45) is 3.51. The fourth-order valence-corrected chi connectivity index (χ4v) is 16.1. The van der Waals surface area contributed by atoms with Crippen LogP contribution >= 0.6 is 0 Å². The maximum absolute atomic E-state index is 15.7. The van der Waals surface area contributed by atoms with Gasteiger partial charge in [-0.3, -0.25) is 28.8 Å². The molecule has 6 atom stereocenters. The molecule has 504 valence electrons. The third kappa shape index (κ3) is 13.7. The molecule has 102 heavy (non-hydrogen) atoms. The molecule has 13 rings (SSSR count). The van der Waals surface area contributed by atoms with Gasteiger partial charge in [0.25, 0.3) is 0 Å². The molecular weight excluding hydrogens is 1250 g/mol. The Morgan fingerprint density at radius 2 is 0.373 bits per heavy atom. The van der Waals surface area contributed by atoms with Gasteiger partial charge < -0.3 is 0 Å². The highest BCUT2D eigenvalue weighted by atomic mass is 16.1. The highest BCUT2D eigenvalue weighted by Gasteiger charge is 2.35. The number of hydrogen-bond donors (Lipinski definition) is 0. The lowest BCUT2D eigenvalue weighted by Crippen LogP contribution is -2.18. The maximum Gasteiger partial charge on any atom is 0.193 e. The molecule has 6 heteroatoms. The first kappa shape index (κ1) is 69.2. The van der Waals surface area contributed by atoms with E-state index in [-0.39, 0.29) is 58.4 Å². The maximum atomic E-state index is 15.7. The molecular formula is C96H84O6. The minimum atomic E-state index is -0.412. The van der Waals surface area contributed by atoms with Gasteiger partial charge in [0.05, 0.1) is 0 Å². The topological polar surface area (TPSA) is 102 Å². The zero-order valence-corrected chi connectivity index (χ0v) is 58.9. The van der Waals surface area contributed by atoms with E-state index in [1.807, 2.05) is 206 Å². The molecule has 0 N–H and O–H groups in total. The summed E-state index contributed by atoms with van der Waals surface area (Å²) in [6, 6.07) is 93.8. The third-order valence-corrected chi connectivity index (χ3v) is 21.2. The van der Waals surface area contributed by atoms with Gasteiger partial charge in [0.1, 0.15) is 0 Å². The van der Waals surface area contributed by atoms with Gasteiger partial charge in [-0.2, -0.15) is 0 Å². The number of carbonyl (C=O) groups is 6. The second-order valence-electron chi connectivity index (χ2n) is 27.0. The Morgan fingerprint density at radius 1 is 0.186 bits per heavy atom. The first-order valence-corrected chi connectivity index (χ1v) is 36.3. The molecule has 0 saturated heterocycles. The van der Waals surface area contributed by atoms with Crippen LogP contribution in [0.25, 0.3) is 0 Å². The molecule has 0 aromatic heterocycles. The molecule has 1 aliphatic carbocycles. The van der Waals surface area contributed by atoms with E-state index in [0.717, 1.165) is 66.8 Å². The van der Waals surface area contributed by atoms with Gasteiger partial charge in [0.2, 0.25) is 0 Å². The van der Waals surface area contributed by atoms with E-state index in [2.05, 4.69) is 126 Å². The number of hydrogen-bond acceptors (Lipinski definition) is 6. The van der Waals surface area contributed by atoms with Crippen molar-refractivity contribution in [2.24, 2.45) is 0 Å². The van der Waals surface area contributed by atoms with Gasteiger partial charge in [0, 0.05) is 102 Å². The predicted molar refractivity (Wildman–Crippen MR) is 411 cm³/mol. The monoisotopic (exact) mass is 1330 g/mol. The van der Waals surface area contributed by atoms with Crippen molar-refractivity contribution in [3.63, 3.8) is 0 Å². The van der Waals surface area contributed by atoms with Crippen LogP contribution in [0.1, 0.15) is 278 Å². The average molecular weight is 1330 g/mol. The summed E-state index contributed by atoms with van der Waals surface area (Å²) in [5.41, 5.74) is 16.5. The average Bonchev–Trinajstić information content (AvgIpc) is 0.756. The summed E-state index contributed by atoms with van der Waals surface area (Å²) in [6.45, 7) is 12.9. The Bertz CT molecular complexity index is 4750. The van der Waals surface area contributed by atoms with Crippen molar-refractivity contribution in [1.82, 2.24) is 0 Å². The predicted octanol–water partition coefficient (Wildman–Crippen LogP) is 22.6. The second kappa shape index (κ2) is 31.0. The lowest BCUT2D eigenvalue weighted by molar-refractivity contribution is 0.102. The molecule has 1 aliphatic rings. The molecule has 12 aromatic carbocycles. The van der Waals surface area contributed by atoms with Crippen LogP contribution < -0.4 is 0 Å². The smallest absolute Gasteiger partial charge is 0.193 e. The Labute approximate surface area is 600 Å². The van der Waals surface area contributed by atoms with E-state index in [4.69, 9.17) is 0 Å². The first-order valence-electron chi connectivity index (χ1n) is 36.3. The van der Waals surface area contributed by atoms with Crippen molar-refractivity contribution in [1.29, 1.82) is 0 Å². The van der Waals surface area contributed by atoms with E-state index >= 15 is 28.8 Å². The van der Waals surface area contributed by atoms with Crippen molar-refractivity contribution >= 4 is 34.7 Å². The largest absolute Gasteiger partial charge is 0.289 e. The minimum Gasteiger partial charge on any atom is -0.289 e. The van der Waals surface area contributed by atoms with Crippen LogP contribution in [0.4, 0.5) is 0 Å². The normalized spacial score (nSPS) is 16.4. The molecule has 0 amide bonds. The van der Waals surface area contributed by atoms with Crippen molar-refractivity contribution in [3.8, 4) is 0 Å². The Morgan fingerprint density at radius 3 is 0.578 bits per heavy atom. The molecule has 0 spiro atoms. The van der Waals surface area contributed by atoms with Crippen molar-refractivity contribution in [3.05, 3.63) is 425 Å². The Balaban J connectivity index is 1.14. The highest BCUT2D eigenvalue weighted by Crippen LogP contribution is 2.46. The van der Waals surface area contributed by atoms with E-state index < -0.39 is 11.8 Å². The van der Waals surface area contributed by atoms with Crippen LogP contribution in [0, 0.1) is 0 Å². The summed E-state index contributed by atoms with van der Waals surface area (Å²) in [7, 11) is 0. The highest BCUT2D eigenvalue weighted by molar-refractivity contribution is 6.17.